The number of sulfonamides is 1. The van der Waals surface area contributed by atoms with Crippen molar-refractivity contribution in [3.8, 4) is 5.75 Å². The van der Waals surface area contributed by atoms with Crippen LogP contribution in [0, 0.1) is 6.92 Å². The summed E-state index contributed by atoms with van der Waals surface area (Å²) in [4.78, 5) is 0.119. The van der Waals surface area contributed by atoms with Crippen molar-refractivity contribution in [2.24, 2.45) is 0 Å². The van der Waals surface area contributed by atoms with Gasteiger partial charge in [0.15, 0.2) is 0 Å². The van der Waals surface area contributed by atoms with Crippen LogP contribution in [0.15, 0.2) is 35.4 Å². The molecule has 0 amide bonds. The Morgan fingerprint density at radius 3 is 2.81 bits per heavy atom. The fourth-order valence-electron chi connectivity index (χ4n) is 1.71. The molecule has 2 N–H and O–H groups in total. The van der Waals surface area contributed by atoms with E-state index in [4.69, 9.17) is 9.47 Å². The quantitative estimate of drug-likeness (QED) is 0.757. The van der Waals surface area contributed by atoms with Crippen LogP contribution in [-0.4, -0.2) is 38.9 Å². The molecule has 0 aliphatic carbocycles. The highest BCUT2D eigenvalue weighted by Gasteiger charge is 2.18. The first-order valence-corrected chi connectivity index (χ1v) is 7.76. The summed E-state index contributed by atoms with van der Waals surface area (Å²) in [6.45, 7) is 2.50. The van der Waals surface area contributed by atoms with Crippen molar-refractivity contribution in [1.29, 1.82) is 0 Å². The number of nitrogens with zero attached hydrogens (tertiary/aromatic N) is 1. The van der Waals surface area contributed by atoms with Gasteiger partial charge in [-0.25, -0.2) is 8.42 Å². The number of H-pyrrole nitrogens is 1. The molecule has 114 valence electrons. The lowest BCUT2D eigenvalue weighted by atomic mass is 10.3. The lowest BCUT2D eigenvalue weighted by Crippen LogP contribution is -2.13. The molecule has 0 spiro atoms. The van der Waals surface area contributed by atoms with Gasteiger partial charge in [-0.2, -0.15) is 5.10 Å². The molecule has 1 aromatic heterocycles. The molecule has 0 radical (unpaired) electrons. The van der Waals surface area contributed by atoms with E-state index in [2.05, 4.69) is 14.9 Å². The first kappa shape index (κ1) is 15.3. The Balaban J connectivity index is 2.12. The number of aromatic nitrogens is 2. The highest BCUT2D eigenvalue weighted by atomic mass is 32.2. The van der Waals surface area contributed by atoms with Crippen molar-refractivity contribution in [3.05, 3.63) is 36.2 Å². The van der Waals surface area contributed by atoms with E-state index >= 15 is 0 Å². The molecule has 0 atom stereocenters. The molecule has 0 bridgehead atoms. The minimum Gasteiger partial charge on any atom is -0.491 e. The van der Waals surface area contributed by atoms with Crippen LogP contribution in [0.2, 0.25) is 0 Å². The van der Waals surface area contributed by atoms with Crippen molar-refractivity contribution in [1.82, 2.24) is 10.2 Å². The Hall–Kier alpha value is -2.06. The van der Waals surface area contributed by atoms with Gasteiger partial charge in [0, 0.05) is 13.2 Å². The van der Waals surface area contributed by atoms with Crippen molar-refractivity contribution in [2.75, 3.05) is 25.0 Å². The molecular formula is C13H17N3O4S. The van der Waals surface area contributed by atoms with Crippen molar-refractivity contribution >= 4 is 15.7 Å². The summed E-state index contributed by atoms with van der Waals surface area (Å²) in [5, 5.41) is 6.31. The molecule has 8 heteroatoms. The SMILES string of the molecule is COCCOc1cccc(NS(=O)(=O)c2cn[nH]c2C)c1. The number of benzene rings is 1. The Bertz CT molecular complexity index is 697. The number of hydrogen-bond donors (Lipinski definition) is 2. The molecular weight excluding hydrogens is 294 g/mol. The first-order valence-electron chi connectivity index (χ1n) is 6.27. The number of hydrogen-bond acceptors (Lipinski definition) is 5. The number of anilines is 1. The second-order valence-corrected chi connectivity index (χ2v) is 5.98. The molecule has 0 aliphatic heterocycles. The molecule has 2 rings (SSSR count). The zero-order valence-electron chi connectivity index (χ0n) is 11.8. The molecule has 0 aliphatic rings. The van der Waals surface area contributed by atoms with E-state index < -0.39 is 10.0 Å². The second kappa shape index (κ2) is 6.59. The van der Waals surface area contributed by atoms with E-state index in [1.807, 2.05) is 0 Å². The molecule has 0 unspecified atom stereocenters. The summed E-state index contributed by atoms with van der Waals surface area (Å²) in [6.07, 6.45) is 1.27. The van der Waals surface area contributed by atoms with Crippen LogP contribution in [0.1, 0.15) is 5.69 Å². The summed E-state index contributed by atoms with van der Waals surface area (Å²) in [6, 6.07) is 6.72. The maximum atomic E-state index is 12.2. The predicted octanol–water partition coefficient (Wildman–Crippen LogP) is 1.54. The summed E-state index contributed by atoms with van der Waals surface area (Å²) in [7, 11) is -2.08. The van der Waals surface area contributed by atoms with Gasteiger partial charge in [-0.15, -0.1) is 0 Å². The van der Waals surface area contributed by atoms with Crippen LogP contribution in [0.4, 0.5) is 5.69 Å². The molecule has 7 nitrogen and oxygen atoms in total. The molecule has 0 saturated carbocycles. The Morgan fingerprint density at radius 1 is 1.33 bits per heavy atom. The van der Waals surface area contributed by atoms with Gasteiger partial charge in [-0.05, 0) is 19.1 Å². The van der Waals surface area contributed by atoms with E-state index in [9.17, 15) is 8.42 Å². The smallest absolute Gasteiger partial charge is 0.265 e. The monoisotopic (exact) mass is 311 g/mol. The Kier molecular flexibility index (Phi) is 4.81. The fraction of sp³-hybridized carbons (Fsp3) is 0.308. The Labute approximate surface area is 123 Å². The minimum atomic E-state index is -3.67. The zero-order valence-corrected chi connectivity index (χ0v) is 12.6. The highest BCUT2D eigenvalue weighted by molar-refractivity contribution is 7.92. The number of aromatic amines is 1. The molecule has 2 aromatic rings. The number of aryl methyl sites for hydroxylation is 1. The van der Waals surface area contributed by atoms with Gasteiger partial charge in [0.1, 0.15) is 17.3 Å². The third-order valence-electron chi connectivity index (χ3n) is 2.72. The fourth-order valence-corrected chi connectivity index (χ4v) is 2.90. The van der Waals surface area contributed by atoms with Crippen molar-refractivity contribution < 1.29 is 17.9 Å². The molecule has 1 aromatic carbocycles. The molecule has 0 saturated heterocycles. The van der Waals surface area contributed by atoms with Crippen LogP contribution in [0.3, 0.4) is 0 Å². The third-order valence-corrected chi connectivity index (χ3v) is 4.21. The number of ether oxygens (including phenoxy) is 2. The van der Waals surface area contributed by atoms with Crippen LogP contribution < -0.4 is 9.46 Å². The second-order valence-electron chi connectivity index (χ2n) is 4.33. The summed E-state index contributed by atoms with van der Waals surface area (Å²) in [5.74, 6) is 0.566. The molecule has 21 heavy (non-hydrogen) atoms. The van der Waals surface area contributed by atoms with Gasteiger partial charge in [-0.3, -0.25) is 9.82 Å². The van der Waals surface area contributed by atoms with Crippen LogP contribution in [-0.2, 0) is 14.8 Å². The third kappa shape index (κ3) is 3.96. The minimum absolute atomic E-state index is 0.119. The number of nitrogens with one attached hydrogen (secondary N) is 2. The topological polar surface area (TPSA) is 93.3 Å². The maximum Gasteiger partial charge on any atom is 0.265 e. The normalized spacial score (nSPS) is 11.3. The molecule has 0 fully saturated rings. The van der Waals surface area contributed by atoms with E-state index in [1.54, 1.807) is 38.3 Å². The lowest BCUT2D eigenvalue weighted by molar-refractivity contribution is 0.146. The molecule has 1 heterocycles. The standard InChI is InChI=1S/C13H17N3O4S/c1-10-13(9-14-15-10)21(17,18)16-11-4-3-5-12(8-11)20-7-6-19-2/h3-5,8-9,16H,6-7H2,1-2H3,(H,14,15). The van der Waals surface area contributed by atoms with Gasteiger partial charge in [0.25, 0.3) is 10.0 Å². The summed E-state index contributed by atoms with van der Waals surface area (Å²) >= 11 is 0. The van der Waals surface area contributed by atoms with Crippen LogP contribution >= 0.6 is 0 Å². The first-order chi connectivity index (χ1) is 10.0. The zero-order chi connectivity index (χ0) is 15.3. The highest BCUT2D eigenvalue weighted by Crippen LogP contribution is 2.21. The lowest BCUT2D eigenvalue weighted by Gasteiger charge is -2.10. The van der Waals surface area contributed by atoms with E-state index in [0.29, 0.717) is 30.3 Å². The maximum absolute atomic E-state index is 12.2. The van der Waals surface area contributed by atoms with Gasteiger partial charge >= 0.3 is 0 Å². The van der Waals surface area contributed by atoms with Gasteiger partial charge in [-0.1, -0.05) is 6.07 Å². The summed E-state index contributed by atoms with van der Waals surface area (Å²) in [5.41, 5.74) is 0.903. The average Bonchev–Trinajstić information content (AvgIpc) is 2.86. The van der Waals surface area contributed by atoms with Gasteiger partial charge < -0.3 is 9.47 Å². The summed E-state index contributed by atoms with van der Waals surface area (Å²) < 4.78 is 37.3. The van der Waals surface area contributed by atoms with E-state index in [0.717, 1.165) is 0 Å². The number of methoxy groups -OCH3 is 1. The Morgan fingerprint density at radius 2 is 2.14 bits per heavy atom. The largest absolute Gasteiger partial charge is 0.491 e. The van der Waals surface area contributed by atoms with E-state index in [1.165, 1.54) is 6.20 Å². The van der Waals surface area contributed by atoms with Gasteiger partial charge in [0.05, 0.1) is 24.2 Å². The van der Waals surface area contributed by atoms with Gasteiger partial charge in [0.2, 0.25) is 0 Å². The van der Waals surface area contributed by atoms with Crippen molar-refractivity contribution in [3.63, 3.8) is 0 Å². The van der Waals surface area contributed by atoms with Crippen LogP contribution in [0.25, 0.3) is 0 Å². The average molecular weight is 311 g/mol. The van der Waals surface area contributed by atoms with Crippen molar-refractivity contribution in [2.45, 2.75) is 11.8 Å². The van der Waals surface area contributed by atoms with E-state index in [-0.39, 0.29) is 4.90 Å². The number of rotatable bonds is 7. The van der Waals surface area contributed by atoms with Crippen LogP contribution in [0.5, 0.6) is 5.75 Å². The predicted molar refractivity (Wildman–Crippen MR) is 77.9 cm³/mol.